The van der Waals surface area contributed by atoms with Crippen LogP contribution in [0.4, 0.5) is 4.39 Å². The molecular formula is C7H9ClFN. The lowest BCUT2D eigenvalue weighted by Crippen LogP contribution is -2.34. The maximum Gasteiger partial charge on any atom is 0.138 e. The van der Waals surface area contributed by atoms with Gasteiger partial charge in [0.05, 0.1) is 0 Å². The van der Waals surface area contributed by atoms with Crippen LogP contribution in [-0.4, -0.2) is 16.9 Å². The van der Waals surface area contributed by atoms with Gasteiger partial charge in [-0.2, -0.15) is 0 Å². The van der Waals surface area contributed by atoms with Gasteiger partial charge in [-0.05, 0) is 19.1 Å². The molecule has 1 nitrogen and oxygen atoms in total. The van der Waals surface area contributed by atoms with E-state index in [4.69, 9.17) is 11.6 Å². The lowest BCUT2D eigenvalue weighted by Gasteiger charge is -2.31. The van der Waals surface area contributed by atoms with Crippen LogP contribution in [-0.2, 0) is 0 Å². The third kappa shape index (κ3) is 1.32. The van der Waals surface area contributed by atoms with E-state index < -0.39 is 5.00 Å². The molecule has 0 aromatic heterocycles. The van der Waals surface area contributed by atoms with E-state index in [1.54, 1.807) is 24.9 Å². The predicted molar refractivity (Wildman–Crippen MR) is 40.4 cm³/mol. The van der Waals surface area contributed by atoms with Crippen LogP contribution in [0.5, 0.6) is 0 Å². The minimum absolute atomic E-state index is 0.263. The zero-order valence-electron chi connectivity index (χ0n) is 5.94. The largest absolute Gasteiger partial charge is 0.356 e. The van der Waals surface area contributed by atoms with Crippen LogP contribution in [0.25, 0.3) is 0 Å². The fraction of sp³-hybridized carbons (Fsp3) is 0.429. The molecule has 1 heterocycles. The molecule has 0 N–H and O–H groups in total. The summed E-state index contributed by atoms with van der Waals surface area (Å²) in [6, 6.07) is 0. The first-order valence-electron chi connectivity index (χ1n) is 3.01. The van der Waals surface area contributed by atoms with Gasteiger partial charge in [0, 0.05) is 13.2 Å². The summed E-state index contributed by atoms with van der Waals surface area (Å²) in [5.74, 6) is -0.263. The van der Waals surface area contributed by atoms with Crippen molar-refractivity contribution in [3.63, 3.8) is 0 Å². The van der Waals surface area contributed by atoms with Crippen LogP contribution in [0.15, 0.2) is 24.2 Å². The summed E-state index contributed by atoms with van der Waals surface area (Å²) in [5, 5.41) is 0. The topological polar surface area (TPSA) is 3.24 Å². The zero-order valence-corrected chi connectivity index (χ0v) is 6.69. The van der Waals surface area contributed by atoms with Crippen molar-refractivity contribution in [2.75, 3.05) is 7.05 Å². The van der Waals surface area contributed by atoms with Crippen LogP contribution in [0.1, 0.15) is 6.92 Å². The third-order valence-electron chi connectivity index (χ3n) is 1.55. The van der Waals surface area contributed by atoms with E-state index in [2.05, 4.69) is 0 Å². The minimum Gasteiger partial charge on any atom is -0.356 e. The van der Waals surface area contributed by atoms with Gasteiger partial charge in [-0.25, -0.2) is 4.39 Å². The summed E-state index contributed by atoms with van der Waals surface area (Å²) in [5.41, 5.74) is 0. The molecule has 0 saturated heterocycles. The van der Waals surface area contributed by atoms with Crippen molar-refractivity contribution in [3.05, 3.63) is 24.2 Å². The Morgan fingerprint density at radius 1 is 1.70 bits per heavy atom. The second-order valence-corrected chi connectivity index (χ2v) is 3.25. The maximum atomic E-state index is 12.5. The highest BCUT2D eigenvalue weighted by Crippen LogP contribution is 2.26. The molecule has 1 unspecified atom stereocenters. The van der Waals surface area contributed by atoms with Crippen molar-refractivity contribution in [2.45, 2.75) is 11.9 Å². The minimum atomic E-state index is -0.574. The van der Waals surface area contributed by atoms with E-state index in [9.17, 15) is 4.39 Å². The number of likely N-dealkylation sites (N-methyl/N-ethyl adjacent to an activating group) is 1. The summed E-state index contributed by atoms with van der Waals surface area (Å²) < 4.78 is 12.5. The third-order valence-corrected chi connectivity index (χ3v) is 1.95. The first-order valence-corrected chi connectivity index (χ1v) is 3.38. The fourth-order valence-corrected chi connectivity index (χ4v) is 0.815. The number of nitrogens with zero attached hydrogens (tertiary/aromatic N) is 1. The molecule has 56 valence electrons. The Hall–Kier alpha value is -0.500. The number of hydrogen-bond donors (Lipinski definition) is 0. The van der Waals surface area contributed by atoms with E-state index in [-0.39, 0.29) is 5.83 Å². The molecule has 1 atom stereocenters. The Morgan fingerprint density at radius 2 is 2.30 bits per heavy atom. The number of rotatable bonds is 0. The quantitative estimate of drug-likeness (QED) is 0.389. The number of halogens is 2. The summed E-state index contributed by atoms with van der Waals surface area (Å²) in [6.07, 6.45) is 4.35. The molecule has 0 radical (unpaired) electrons. The second-order valence-electron chi connectivity index (χ2n) is 2.48. The summed E-state index contributed by atoms with van der Waals surface area (Å²) in [6.45, 7) is 1.80. The van der Waals surface area contributed by atoms with Crippen LogP contribution in [0.2, 0.25) is 0 Å². The van der Waals surface area contributed by atoms with Crippen molar-refractivity contribution in [1.82, 2.24) is 4.90 Å². The van der Waals surface area contributed by atoms with Crippen molar-refractivity contribution < 1.29 is 4.39 Å². The molecule has 0 aliphatic carbocycles. The lowest BCUT2D eigenvalue weighted by atomic mass is 10.2. The van der Waals surface area contributed by atoms with Gasteiger partial charge in [-0.1, -0.05) is 11.6 Å². The highest BCUT2D eigenvalue weighted by molar-refractivity contribution is 6.24. The Bertz CT molecular complexity index is 196. The summed E-state index contributed by atoms with van der Waals surface area (Å²) in [7, 11) is 1.73. The molecule has 0 spiro atoms. The van der Waals surface area contributed by atoms with Crippen molar-refractivity contribution >= 4 is 11.6 Å². The Morgan fingerprint density at radius 3 is 2.70 bits per heavy atom. The van der Waals surface area contributed by atoms with Crippen LogP contribution in [0.3, 0.4) is 0 Å². The van der Waals surface area contributed by atoms with Crippen molar-refractivity contribution in [3.8, 4) is 0 Å². The van der Waals surface area contributed by atoms with Gasteiger partial charge in [0.25, 0.3) is 0 Å². The van der Waals surface area contributed by atoms with Gasteiger partial charge < -0.3 is 4.90 Å². The van der Waals surface area contributed by atoms with E-state index in [0.29, 0.717) is 0 Å². The smallest absolute Gasteiger partial charge is 0.138 e. The first kappa shape index (κ1) is 7.61. The van der Waals surface area contributed by atoms with Crippen LogP contribution in [0, 0.1) is 0 Å². The second kappa shape index (κ2) is 2.27. The molecule has 0 aromatic rings. The molecular weight excluding hydrogens is 153 g/mol. The SMILES string of the molecule is CN1C=C(F)C=CC1(C)Cl. The Labute approximate surface area is 64.8 Å². The monoisotopic (exact) mass is 161 g/mol. The summed E-state index contributed by atoms with van der Waals surface area (Å²) in [4.78, 5) is 1.04. The molecule has 0 bridgehead atoms. The number of allylic oxidation sites excluding steroid dienone is 2. The molecule has 1 aliphatic heterocycles. The van der Waals surface area contributed by atoms with Crippen molar-refractivity contribution in [2.24, 2.45) is 0 Å². The average molecular weight is 162 g/mol. The van der Waals surface area contributed by atoms with Crippen LogP contribution < -0.4 is 0 Å². The number of alkyl halides is 1. The molecule has 0 aromatic carbocycles. The fourth-order valence-electron chi connectivity index (χ4n) is 0.704. The zero-order chi connectivity index (χ0) is 7.78. The molecule has 1 rings (SSSR count). The van der Waals surface area contributed by atoms with Gasteiger partial charge in [-0.15, -0.1) is 0 Å². The molecule has 0 fully saturated rings. The van der Waals surface area contributed by atoms with Gasteiger partial charge in [-0.3, -0.25) is 0 Å². The van der Waals surface area contributed by atoms with Gasteiger partial charge in [0.1, 0.15) is 10.8 Å². The van der Waals surface area contributed by atoms with E-state index in [0.717, 1.165) is 0 Å². The highest BCUT2D eigenvalue weighted by atomic mass is 35.5. The highest BCUT2D eigenvalue weighted by Gasteiger charge is 2.23. The van der Waals surface area contributed by atoms with Crippen LogP contribution >= 0.6 is 11.6 Å². The first-order chi connectivity index (χ1) is 4.52. The molecule has 10 heavy (non-hydrogen) atoms. The lowest BCUT2D eigenvalue weighted by molar-refractivity contribution is 0.345. The normalized spacial score (nSPS) is 32.4. The maximum absolute atomic E-state index is 12.5. The van der Waals surface area contributed by atoms with Gasteiger partial charge in [0.15, 0.2) is 0 Å². The van der Waals surface area contributed by atoms with Crippen molar-refractivity contribution in [1.29, 1.82) is 0 Å². The molecule has 0 amide bonds. The molecule has 0 saturated carbocycles. The van der Waals surface area contributed by atoms with Gasteiger partial charge in [0.2, 0.25) is 0 Å². The Balaban J connectivity index is 2.84. The summed E-state index contributed by atoms with van der Waals surface area (Å²) >= 11 is 5.92. The van der Waals surface area contributed by atoms with E-state index >= 15 is 0 Å². The van der Waals surface area contributed by atoms with E-state index in [1.807, 2.05) is 0 Å². The van der Waals surface area contributed by atoms with E-state index in [1.165, 1.54) is 12.3 Å². The number of hydrogen-bond acceptors (Lipinski definition) is 1. The Kier molecular flexibility index (Phi) is 1.73. The molecule has 1 aliphatic rings. The average Bonchev–Trinajstić information content (AvgIpc) is 1.81. The molecule has 3 heteroatoms. The predicted octanol–water partition coefficient (Wildman–Crippen LogP) is 2.25. The van der Waals surface area contributed by atoms with Gasteiger partial charge >= 0.3 is 0 Å². The standard InChI is InChI=1S/C7H9ClFN/c1-7(8)4-3-6(9)5-10(7)2/h3-5H,1-2H3.